The quantitative estimate of drug-likeness (QED) is 0.187. The van der Waals surface area contributed by atoms with Crippen LogP contribution in [0.5, 0.6) is 0 Å². The highest BCUT2D eigenvalue weighted by molar-refractivity contribution is 7.85. The van der Waals surface area contributed by atoms with E-state index in [0.717, 1.165) is 12.8 Å². The summed E-state index contributed by atoms with van der Waals surface area (Å²) < 4.78 is 30.7. The second-order valence-corrected chi connectivity index (χ2v) is 15.8. The van der Waals surface area contributed by atoms with Gasteiger partial charge in [0.1, 0.15) is 0 Å². The number of carbonyl (C=O) groups excluding carboxylic acids is 1. The van der Waals surface area contributed by atoms with E-state index in [0.29, 0.717) is 25.7 Å². The van der Waals surface area contributed by atoms with E-state index >= 15 is 0 Å². The van der Waals surface area contributed by atoms with Crippen molar-refractivity contribution in [3.63, 3.8) is 0 Å². The predicted molar refractivity (Wildman–Crippen MR) is 152 cm³/mol. The number of rotatable bonds is 8. The van der Waals surface area contributed by atoms with Gasteiger partial charge < -0.3 is 25.7 Å². The molecule has 9 nitrogen and oxygen atoms in total. The van der Waals surface area contributed by atoms with Gasteiger partial charge in [-0.3, -0.25) is 9.35 Å². The monoisotopic (exact) mass is 585 g/mol. The summed E-state index contributed by atoms with van der Waals surface area (Å²) in [6.45, 7) is 10.1. The lowest BCUT2D eigenvalue weighted by Gasteiger charge is -2.65. The highest BCUT2D eigenvalue weighted by Crippen LogP contribution is 2.69. The average molecular weight is 586 g/mol. The van der Waals surface area contributed by atoms with Crippen LogP contribution < -0.4 is 5.32 Å². The summed E-state index contributed by atoms with van der Waals surface area (Å²) in [7, 11) is -4.13. The molecule has 0 heterocycles. The molecule has 0 spiro atoms. The maximum Gasteiger partial charge on any atom is 0.266 e. The highest BCUT2D eigenvalue weighted by atomic mass is 32.2. The first-order valence-corrected chi connectivity index (χ1v) is 16.7. The Kier molecular flexibility index (Phi) is 8.95. The van der Waals surface area contributed by atoms with Crippen LogP contribution in [0.3, 0.4) is 0 Å². The summed E-state index contributed by atoms with van der Waals surface area (Å²) in [6.07, 6.45) is 6.64. The number of aliphatic hydroxyl groups excluding tert-OH is 3. The fraction of sp³-hybridized carbons (Fsp3) is 0.900. The van der Waals surface area contributed by atoms with Crippen molar-refractivity contribution in [1.82, 2.24) is 5.32 Å². The number of hydrogen-bond donors (Lipinski definition) is 6. The first-order valence-electron chi connectivity index (χ1n) is 15.1. The molecule has 230 valence electrons. The number of allylic oxidation sites excluding steroid dienone is 2. The molecule has 0 aliphatic heterocycles. The fourth-order valence-electron chi connectivity index (χ4n) is 9.54. The SMILES string of the molecule is CC(C=CC(C)C1CC(O)C2C3CC(O)C4(O)CC(O)CCC4(C)C3CCC12C)C(C)C(=O)NCCS(=O)(=O)O. The largest absolute Gasteiger partial charge is 0.393 e. The molecule has 0 radical (unpaired) electrons. The minimum absolute atomic E-state index is 0.0277. The van der Waals surface area contributed by atoms with E-state index in [9.17, 15) is 33.6 Å². The minimum Gasteiger partial charge on any atom is -0.393 e. The van der Waals surface area contributed by atoms with Gasteiger partial charge in [0.15, 0.2) is 0 Å². The molecule has 10 heteroatoms. The fourth-order valence-corrected chi connectivity index (χ4v) is 9.90. The normalized spacial score (nSPS) is 45.7. The molecule has 0 aromatic heterocycles. The predicted octanol–water partition coefficient (Wildman–Crippen LogP) is 2.53. The van der Waals surface area contributed by atoms with Gasteiger partial charge in [0.05, 0.1) is 29.7 Å². The van der Waals surface area contributed by atoms with E-state index in [1.54, 1.807) is 6.92 Å². The molecule has 0 aromatic carbocycles. The first-order chi connectivity index (χ1) is 18.4. The maximum absolute atomic E-state index is 12.5. The zero-order chi connectivity index (χ0) is 29.8. The molecule has 1 amide bonds. The third-order valence-electron chi connectivity index (χ3n) is 12.1. The van der Waals surface area contributed by atoms with Crippen molar-refractivity contribution in [2.24, 2.45) is 52.3 Å². The van der Waals surface area contributed by atoms with Gasteiger partial charge in [-0.2, -0.15) is 8.42 Å². The standard InChI is InChI=1S/C30H51NO8S/c1-17(19(3)27(35)31-12-13-40(37,38)39)6-7-18(2)23-15-24(33)26-21-14-25(34)30(36)16-20(32)8-11-29(30,5)22(21)9-10-28(23,26)4/h6-7,17-26,32-34,36H,8-16H2,1-5H3,(H,31,35)(H,37,38,39). The molecule has 4 rings (SSSR count). The second-order valence-electron chi connectivity index (χ2n) is 14.2. The third kappa shape index (κ3) is 5.53. The Morgan fingerprint density at radius 1 is 1.05 bits per heavy atom. The van der Waals surface area contributed by atoms with Gasteiger partial charge in [0.25, 0.3) is 10.1 Å². The van der Waals surface area contributed by atoms with Crippen LogP contribution in [0.1, 0.15) is 79.6 Å². The topological polar surface area (TPSA) is 164 Å². The van der Waals surface area contributed by atoms with Crippen LogP contribution in [-0.2, 0) is 14.9 Å². The van der Waals surface area contributed by atoms with Crippen molar-refractivity contribution in [3.8, 4) is 0 Å². The van der Waals surface area contributed by atoms with Crippen LogP contribution in [0, 0.1) is 52.3 Å². The Balaban J connectivity index is 1.45. The number of carbonyl (C=O) groups is 1. The van der Waals surface area contributed by atoms with Gasteiger partial charge in [-0.1, -0.05) is 46.8 Å². The lowest BCUT2D eigenvalue weighted by Crippen LogP contribution is -2.69. The van der Waals surface area contributed by atoms with E-state index in [1.165, 1.54) is 0 Å². The van der Waals surface area contributed by atoms with Gasteiger partial charge in [0, 0.05) is 24.3 Å². The summed E-state index contributed by atoms with van der Waals surface area (Å²) >= 11 is 0. The van der Waals surface area contributed by atoms with Crippen LogP contribution in [0.2, 0.25) is 0 Å². The molecule has 0 saturated heterocycles. The van der Waals surface area contributed by atoms with Gasteiger partial charge >= 0.3 is 0 Å². The van der Waals surface area contributed by atoms with E-state index in [2.05, 4.69) is 32.2 Å². The molecular weight excluding hydrogens is 534 g/mol. The van der Waals surface area contributed by atoms with Crippen molar-refractivity contribution in [3.05, 3.63) is 12.2 Å². The van der Waals surface area contributed by atoms with E-state index in [-0.39, 0.29) is 65.7 Å². The molecule has 40 heavy (non-hydrogen) atoms. The Labute approximate surface area is 239 Å². The van der Waals surface area contributed by atoms with Crippen molar-refractivity contribution < 1.29 is 38.2 Å². The van der Waals surface area contributed by atoms with Gasteiger partial charge in [-0.15, -0.1) is 0 Å². The zero-order valence-corrected chi connectivity index (χ0v) is 25.5. The maximum atomic E-state index is 12.5. The number of hydrogen-bond acceptors (Lipinski definition) is 7. The van der Waals surface area contributed by atoms with Gasteiger partial charge in [-0.25, -0.2) is 0 Å². The van der Waals surface area contributed by atoms with Crippen molar-refractivity contribution >= 4 is 16.0 Å². The van der Waals surface area contributed by atoms with Crippen LogP contribution in [0.25, 0.3) is 0 Å². The molecule has 13 atom stereocenters. The minimum atomic E-state index is -4.13. The summed E-state index contributed by atoms with van der Waals surface area (Å²) in [5.41, 5.74) is -1.91. The summed E-state index contributed by atoms with van der Waals surface area (Å²) in [4.78, 5) is 12.5. The van der Waals surface area contributed by atoms with Crippen LogP contribution in [-0.4, -0.2) is 75.5 Å². The molecule has 4 fully saturated rings. The summed E-state index contributed by atoms with van der Waals surface area (Å²) in [5, 5.41) is 47.3. The highest BCUT2D eigenvalue weighted by Gasteiger charge is 2.68. The van der Waals surface area contributed by atoms with E-state index < -0.39 is 45.2 Å². The Hall–Kier alpha value is -1.04. The zero-order valence-electron chi connectivity index (χ0n) is 24.7. The second kappa shape index (κ2) is 11.2. The lowest BCUT2D eigenvalue weighted by molar-refractivity contribution is -0.268. The van der Waals surface area contributed by atoms with Crippen molar-refractivity contribution in [1.29, 1.82) is 0 Å². The Bertz CT molecular complexity index is 1080. The molecular formula is C30H51NO8S. The Morgan fingerprint density at radius 3 is 2.38 bits per heavy atom. The first kappa shape index (κ1) is 31.9. The number of amides is 1. The lowest BCUT2D eigenvalue weighted by atomic mass is 9.42. The van der Waals surface area contributed by atoms with Crippen molar-refractivity contribution in [2.75, 3.05) is 12.3 Å². The number of fused-ring (bicyclic) bond motifs is 5. The molecule has 0 bridgehead atoms. The van der Waals surface area contributed by atoms with E-state index in [4.69, 9.17) is 4.55 Å². The molecule has 4 aliphatic carbocycles. The molecule has 4 aliphatic rings. The van der Waals surface area contributed by atoms with Crippen LogP contribution >= 0.6 is 0 Å². The number of aliphatic hydroxyl groups is 4. The van der Waals surface area contributed by atoms with Gasteiger partial charge in [-0.05, 0) is 79.4 Å². The molecule has 6 N–H and O–H groups in total. The summed E-state index contributed by atoms with van der Waals surface area (Å²) in [5.74, 6) is -0.549. The van der Waals surface area contributed by atoms with Gasteiger partial charge in [0.2, 0.25) is 5.91 Å². The molecule has 4 saturated carbocycles. The molecule has 0 aromatic rings. The van der Waals surface area contributed by atoms with E-state index in [1.807, 2.05) is 13.0 Å². The smallest absolute Gasteiger partial charge is 0.266 e. The molecule has 13 unspecified atom stereocenters. The average Bonchev–Trinajstić information content (AvgIpc) is 3.13. The third-order valence-corrected chi connectivity index (χ3v) is 12.8. The van der Waals surface area contributed by atoms with Crippen LogP contribution in [0.4, 0.5) is 0 Å². The number of nitrogens with one attached hydrogen (secondary N) is 1. The van der Waals surface area contributed by atoms with Crippen LogP contribution in [0.15, 0.2) is 12.2 Å². The Morgan fingerprint density at radius 2 is 1.73 bits per heavy atom. The van der Waals surface area contributed by atoms with Crippen molar-refractivity contribution in [2.45, 2.75) is 103 Å². The summed E-state index contributed by atoms with van der Waals surface area (Å²) in [6, 6.07) is 0.